The minimum Gasteiger partial charge on any atom is -0.314 e. The van der Waals surface area contributed by atoms with Gasteiger partial charge in [0.2, 0.25) is 5.91 Å². The Bertz CT molecular complexity index is 947. The highest BCUT2D eigenvalue weighted by Gasteiger charge is 2.43. The summed E-state index contributed by atoms with van der Waals surface area (Å²) in [6, 6.07) is 12.2. The Morgan fingerprint density at radius 1 is 1.04 bits per heavy atom. The zero-order valence-corrected chi connectivity index (χ0v) is 15.9. The van der Waals surface area contributed by atoms with E-state index in [0.29, 0.717) is 5.69 Å². The SMILES string of the molecule is Cc1ccc(N(C)S(=O)(=O)c2ccc3c(c2)C(C)(C)C(=O)N3C)cc1. The van der Waals surface area contributed by atoms with E-state index < -0.39 is 15.4 Å². The Morgan fingerprint density at radius 2 is 1.64 bits per heavy atom. The number of carbonyl (C=O) groups excluding carboxylic acids is 1. The van der Waals surface area contributed by atoms with Crippen LogP contribution in [0.25, 0.3) is 0 Å². The molecule has 5 nitrogen and oxygen atoms in total. The molecule has 0 unspecified atom stereocenters. The first-order valence-electron chi connectivity index (χ1n) is 8.05. The maximum Gasteiger partial charge on any atom is 0.264 e. The highest BCUT2D eigenvalue weighted by molar-refractivity contribution is 7.92. The Hall–Kier alpha value is -2.34. The summed E-state index contributed by atoms with van der Waals surface area (Å²) in [5.74, 6) is -0.0380. The van der Waals surface area contributed by atoms with Crippen molar-refractivity contribution in [3.05, 3.63) is 53.6 Å². The number of rotatable bonds is 3. The van der Waals surface area contributed by atoms with Crippen molar-refractivity contribution >= 4 is 27.3 Å². The molecule has 1 heterocycles. The van der Waals surface area contributed by atoms with Gasteiger partial charge in [-0.1, -0.05) is 17.7 Å². The van der Waals surface area contributed by atoms with Crippen molar-refractivity contribution in [2.45, 2.75) is 31.1 Å². The maximum absolute atomic E-state index is 13.0. The molecule has 1 amide bonds. The average molecular weight is 358 g/mol. The predicted octanol–water partition coefficient (Wildman–Crippen LogP) is 3.07. The number of fused-ring (bicyclic) bond motifs is 1. The minimum absolute atomic E-state index is 0.0380. The van der Waals surface area contributed by atoms with Crippen LogP contribution in [-0.4, -0.2) is 28.4 Å². The molecule has 6 heteroatoms. The number of anilines is 2. The highest BCUT2D eigenvalue weighted by Crippen LogP contribution is 2.42. The van der Waals surface area contributed by atoms with Crippen LogP contribution in [0, 0.1) is 6.92 Å². The molecule has 1 aliphatic rings. The third-order valence-corrected chi connectivity index (χ3v) is 6.68. The van der Waals surface area contributed by atoms with Crippen LogP contribution >= 0.6 is 0 Å². The summed E-state index contributed by atoms with van der Waals surface area (Å²) in [5.41, 5.74) is 2.41. The average Bonchev–Trinajstić information content (AvgIpc) is 2.75. The van der Waals surface area contributed by atoms with Crippen molar-refractivity contribution in [3.8, 4) is 0 Å². The summed E-state index contributed by atoms with van der Waals surface area (Å²) >= 11 is 0. The number of benzene rings is 2. The van der Waals surface area contributed by atoms with Crippen LogP contribution in [0.15, 0.2) is 47.4 Å². The van der Waals surface area contributed by atoms with Gasteiger partial charge in [0.15, 0.2) is 0 Å². The van der Waals surface area contributed by atoms with Gasteiger partial charge in [-0.25, -0.2) is 8.42 Å². The lowest BCUT2D eigenvalue weighted by molar-refractivity contribution is -0.121. The van der Waals surface area contributed by atoms with Gasteiger partial charge in [0, 0.05) is 19.8 Å². The molecule has 0 atom stereocenters. The largest absolute Gasteiger partial charge is 0.314 e. The minimum atomic E-state index is -3.71. The normalized spacial score (nSPS) is 16.0. The van der Waals surface area contributed by atoms with Gasteiger partial charge in [0.25, 0.3) is 10.0 Å². The van der Waals surface area contributed by atoms with E-state index in [1.807, 2.05) is 32.9 Å². The van der Waals surface area contributed by atoms with E-state index in [1.54, 1.807) is 42.3 Å². The van der Waals surface area contributed by atoms with E-state index in [-0.39, 0.29) is 10.8 Å². The quantitative estimate of drug-likeness (QED) is 0.847. The second-order valence-corrected chi connectivity index (χ2v) is 8.95. The van der Waals surface area contributed by atoms with Gasteiger partial charge in [-0.15, -0.1) is 0 Å². The number of nitrogens with zero attached hydrogens (tertiary/aromatic N) is 2. The monoisotopic (exact) mass is 358 g/mol. The van der Waals surface area contributed by atoms with Gasteiger partial charge in [-0.3, -0.25) is 9.10 Å². The molecule has 2 aromatic carbocycles. The van der Waals surface area contributed by atoms with Gasteiger partial charge in [0.05, 0.1) is 16.0 Å². The van der Waals surface area contributed by atoms with Crippen molar-refractivity contribution < 1.29 is 13.2 Å². The van der Waals surface area contributed by atoms with Crippen LogP contribution in [-0.2, 0) is 20.2 Å². The van der Waals surface area contributed by atoms with Crippen molar-refractivity contribution in [2.75, 3.05) is 23.3 Å². The molecule has 0 saturated carbocycles. The summed E-state index contributed by atoms with van der Waals surface area (Å²) < 4.78 is 27.3. The molecule has 2 aromatic rings. The van der Waals surface area contributed by atoms with Gasteiger partial charge in [0.1, 0.15) is 0 Å². The maximum atomic E-state index is 13.0. The fourth-order valence-corrected chi connectivity index (χ4v) is 4.39. The molecule has 132 valence electrons. The van der Waals surface area contributed by atoms with E-state index in [4.69, 9.17) is 0 Å². The third-order valence-electron chi connectivity index (χ3n) is 4.90. The molecule has 0 saturated heterocycles. The lowest BCUT2D eigenvalue weighted by Gasteiger charge is -2.21. The molecule has 0 aliphatic carbocycles. The molecule has 0 radical (unpaired) electrons. The van der Waals surface area contributed by atoms with Crippen LogP contribution in [0.1, 0.15) is 25.0 Å². The summed E-state index contributed by atoms with van der Waals surface area (Å²) in [7, 11) is -0.460. The first kappa shape index (κ1) is 17.5. The van der Waals surface area contributed by atoms with E-state index >= 15 is 0 Å². The lowest BCUT2D eigenvalue weighted by atomic mass is 9.86. The molecular formula is C19H22N2O3S. The topological polar surface area (TPSA) is 57.7 Å². The smallest absolute Gasteiger partial charge is 0.264 e. The number of likely N-dealkylation sites (N-methyl/N-ethyl adjacent to an activating group) is 1. The van der Waals surface area contributed by atoms with Gasteiger partial charge in [-0.05, 0) is 56.7 Å². The zero-order chi connectivity index (χ0) is 18.6. The molecular weight excluding hydrogens is 336 g/mol. The van der Waals surface area contributed by atoms with Crippen LogP contribution in [0.4, 0.5) is 11.4 Å². The van der Waals surface area contributed by atoms with Crippen LogP contribution in [0.3, 0.4) is 0 Å². The standard InChI is InChI=1S/C19H22N2O3S/c1-13-6-8-14(9-7-13)21(5)25(23,24)15-10-11-17-16(12-15)19(2,3)18(22)20(17)4/h6-12H,1-5H3. The van der Waals surface area contributed by atoms with E-state index in [9.17, 15) is 13.2 Å². The van der Waals surface area contributed by atoms with Crippen LogP contribution in [0.5, 0.6) is 0 Å². The molecule has 0 aromatic heterocycles. The summed E-state index contributed by atoms with van der Waals surface area (Å²) in [5, 5.41) is 0. The molecule has 0 bridgehead atoms. The number of carbonyl (C=O) groups is 1. The zero-order valence-electron chi connectivity index (χ0n) is 15.1. The second kappa shape index (κ2) is 5.59. The number of hydrogen-bond donors (Lipinski definition) is 0. The summed E-state index contributed by atoms with van der Waals surface area (Å²) in [6.07, 6.45) is 0. The second-order valence-electron chi connectivity index (χ2n) is 6.98. The Morgan fingerprint density at radius 3 is 2.24 bits per heavy atom. The summed E-state index contributed by atoms with van der Waals surface area (Å²) in [6.45, 7) is 5.59. The molecule has 1 aliphatic heterocycles. The van der Waals surface area contributed by atoms with Crippen molar-refractivity contribution in [1.82, 2.24) is 0 Å². The van der Waals surface area contributed by atoms with Crippen molar-refractivity contribution in [1.29, 1.82) is 0 Å². The van der Waals surface area contributed by atoms with E-state index in [0.717, 1.165) is 16.8 Å². The fourth-order valence-electron chi connectivity index (χ4n) is 3.16. The first-order valence-corrected chi connectivity index (χ1v) is 9.49. The third kappa shape index (κ3) is 2.61. The Labute approximate surface area is 148 Å². The molecule has 0 fully saturated rings. The number of sulfonamides is 1. The van der Waals surface area contributed by atoms with Crippen LogP contribution in [0.2, 0.25) is 0 Å². The molecule has 0 spiro atoms. The number of hydrogen-bond acceptors (Lipinski definition) is 3. The molecule has 0 N–H and O–H groups in total. The Balaban J connectivity index is 2.07. The van der Waals surface area contributed by atoms with Crippen LogP contribution < -0.4 is 9.21 Å². The lowest BCUT2D eigenvalue weighted by Crippen LogP contribution is -2.33. The summed E-state index contributed by atoms with van der Waals surface area (Å²) in [4.78, 5) is 14.2. The van der Waals surface area contributed by atoms with E-state index in [2.05, 4.69) is 0 Å². The van der Waals surface area contributed by atoms with E-state index in [1.165, 1.54) is 11.4 Å². The highest BCUT2D eigenvalue weighted by atomic mass is 32.2. The first-order chi connectivity index (χ1) is 11.6. The Kier molecular flexibility index (Phi) is 3.91. The van der Waals surface area contributed by atoms with Gasteiger partial charge < -0.3 is 4.90 Å². The van der Waals surface area contributed by atoms with Crippen molar-refractivity contribution in [2.24, 2.45) is 0 Å². The molecule has 3 rings (SSSR count). The van der Waals surface area contributed by atoms with Gasteiger partial charge in [-0.2, -0.15) is 0 Å². The fraction of sp³-hybridized carbons (Fsp3) is 0.316. The number of amides is 1. The van der Waals surface area contributed by atoms with Crippen molar-refractivity contribution in [3.63, 3.8) is 0 Å². The molecule has 25 heavy (non-hydrogen) atoms. The predicted molar refractivity (Wildman–Crippen MR) is 99.6 cm³/mol. The number of aryl methyl sites for hydroxylation is 1. The van der Waals surface area contributed by atoms with Gasteiger partial charge >= 0.3 is 0 Å².